The second kappa shape index (κ2) is 8.63. The molecule has 0 aromatic heterocycles. The summed E-state index contributed by atoms with van der Waals surface area (Å²) in [6.45, 7) is 0.769. The molecular formula is C14H22N2O3. The van der Waals surface area contributed by atoms with Crippen LogP contribution in [0.5, 0.6) is 0 Å². The third kappa shape index (κ3) is 5.83. The van der Waals surface area contributed by atoms with Crippen LogP contribution in [0.1, 0.15) is 30.9 Å². The molecule has 2 atom stereocenters. The highest BCUT2D eigenvalue weighted by Gasteiger charge is 2.11. The number of aliphatic hydroxyl groups excluding tert-OH is 1. The molecule has 0 bridgehead atoms. The average Bonchev–Trinajstić information content (AvgIpc) is 2.43. The first-order valence-electron chi connectivity index (χ1n) is 6.52. The number of benzene rings is 1. The van der Waals surface area contributed by atoms with E-state index in [4.69, 9.17) is 10.8 Å². The molecule has 0 fully saturated rings. The summed E-state index contributed by atoms with van der Waals surface area (Å²) in [6.07, 6.45) is 2.07. The van der Waals surface area contributed by atoms with Crippen LogP contribution in [0.25, 0.3) is 0 Å². The maximum Gasteiger partial charge on any atom is 0.320 e. The van der Waals surface area contributed by atoms with Crippen molar-refractivity contribution in [2.75, 3.05) is 13.2 Å². The van der Waals surface area contributed by atoms with Gasteiger partial charge in [0.25, 0.3) is 0 Å². The van der Waals surface area contributed by atoms with Crippen molar-refractivity contribution in [1.29, 1.82) is 0 Å². The second-order valence-electron chi connectivity index (χ2n) is 4.54. The number of carboxylic acids is 1. The lowest BCUT2D eigenvalue weighted by molar-refractivity contribution is -0.138. The topological polar surface area (TPSA) is 95.6 Å². The largest absolute Gasteiger partial charge is 0.480 e. The van der Waals surface area contributed by atoms with Crippen LogP contribution in [-0.2, 0) is 4.79 Å². The monoisotopic (exact) mass is 266 g/mol. The summed E-state index contributed by atoms with van der Waals surface area (Å²) in [5.74, 6) is -0.953. The highest BCUT2D eigenvalue weighted by molar-refractivity contribution is 5.72. The molecule has 0 spiro atoms. The Morgan fingerprint density at radius 1 is 1.26 bits per heavy atom. The predicted molar refractivity (Wildman–Crippen MR) is 73.7 cm³/mol. The zero-order valence-corrected chi connectivity index (χ0v) is 11.0. The Morgan fingerprint density at radius 2 is 1.95 bits per heavy atom. The smallest absolute Gasteiger partial charge is 0.320 e. The van der Waals surface area contributed by atoms with Crippen LogP contribution >= 0.6 is 0 Å². The predicted octanol–water partition coefficient (Wildman–Crippen LogP) is 0.892. The Kier molecular flexibility index (Phi) is 7.10. The normalized spacial score (nSPS) is 14.0. The van der Waals surface area contributed by atoms with Crippen molar-refractivity contribution in [2.24, 2.45) is 5.73 Å². The molecule has 1 unspecified atom stereocenters. The quantitative estimate of drug-likeness (QED) is 0.498. The van der Waals surface area contributed by atoms with E-state index in [2.05, 4.69) is 5.32 Å². The highest BCUT2D eigenvalue weighted by atomic mass is 16.4. The third-order valence-corrected chi connectivity index (χ3v) is 3.03. The van der Waals surface area contributed by atoms with Gasteiger partial charge in [0.05, 0.1) is 12.6 Å². The zero-order chi connectivity index (χ0) is 14.1. The standard InChI is InChI=1S/C14H22N2O3/c15-12(14(18)19)8-4-5-9-16-13(10-17)11-6-2-1-3-7-11/h1-3,6-7,12-13,16-17H,4-5,8-10,15H2,(H,18,19)/t12-,13?/m0/s1. The number of carbonyl (C=O) groups is 1. The molecule has 0 amide bonds. The Labute approximate surface area is 113 Å². The first-order valence-corrected chi connectivity index (χ1v) is 6.52. The molecule has 5 nitrogen and oxygen atoms in total. The number of nitrogens with one attached hydrogen (secondary N) is 1. The van der Waals surface area contributed by atoms with E-state index in [1.807, 2.05) is 30.3 Å². The van der Waals surface area contributed by atoms with Gasteiger partial charge in [0.1, 0.15) is 6.04 Å². The minimum atomic E-state index is -0.953. The lowest BCUT2D eigenvalue weighted by Gasteiger charge is -2.16. The SMILES string of the molecule is N[C@@H](CCCCNC(CO)c1ccccc1)C(=O)O. The molecule has 5 heteroatoms. The summed E-state index contributed by atoms with van der Waals surface area (Å²) in [4.78, 5) is 10.5. The second-order valence-corrected chi connectivity index (χ2v) is 4.54. The van der Waals surface area contributed by atoms with E-state index in [0.717, 1.165) is 24.9 Å². The molecule has 19 heavy (non-hydrogen) atoms. The average molecular weight is 266 g/mol. The van der Waals surface area contributed by atoms with Gasteiger partial charge in [-0.25, -0.2) is 0 Å². The van der Waals surface area contributed by atoms with Gasteiger partial charge < -0.3 is 21.3 Å². The fourth-order valence-electron chi connectivity index (χ4n) is 1.86. The van der Waals surface area contributed by atoms with Crippen LogP contribution in [0.3, 0.4) is 0 Å². The fraction of sp³-hybridized carbons (Fsp3) is 0.500. The fourth-order valence-corrected chi connectivity index (χ4v) is 1.86. The van der Waals surface area contributed by atoms with E-state index < -0.39 is 12.0 Å². The van der Waals surface area contributed by atoms with Gasteiger partial charge in [-0.2, -0.15) is 0 Å². The van der Waals surface area contributed by atoms with Crippen LogP contribution < -0.4 is 11.1 Å². The molecule has 5 N–H and O–H groups in total. The van der Waals surface area contributed by atoms with Crippen LogP contribution in [0.2, 0.25) is 0 Å². The number of aliphatic hydroxyl groups is 1. The van der Waals surface area contributed by atoms with Gasteiger partial charge in [0.15, 0.2) is 0 Å². The highest BCUT2D eigenvalue weighted by Crippen LogP contribution is 2.11. The Balaban J connectivity index is 2.22. The lowest BCUT2D eigenvalue weighted by atomic mass is 10.1. The van der Waals surface area contributed by atoms with Crippen molar-refractivity contribution in [3.63, 3.8) is 0 Å². The number of hydrogen-bond acceptors (Lipinski definition) is 4. The van der Waals surface area contributed by atoms with E-state index in [-0.39, 0.29) is 12.6 Å². The molecular weight excluding hydrogens is 244 g/mol. The minimum absolute atomic E-state index is 0.0403. The van der Waals surface area contributed by atoms with Crippen molar-refractivity contribution in [3.05, 3.63) is 35.9 Å². The summed E-state index contributed by atoms with van der Waals surface area (Å²) < 4.78 is 0. The van der Waals surface area contributed by atoms with E-state index >= 15 is 0 Å². The summed E-state index contributed by atoms with van der Waals surface area (Å²) in [5.41, 5.74) is 6.46. The number of carboxylic acid groups (broad SMARTS) is 1. The van der Waals surface area contributed by atoms with Crippen molar-refractivity contribution < 1.29 is 15.0 Å². The van der Waals surface area contributed by atoms with Crippen LogP contribution in [-0.4, -0.2) is 35.4 Å². The summed E-state index contributed by atoms with van der Waals surface area (Å²) in [5, 5.41) is 21.2. The van der Waals surface area contributed by atoms with Crippen LogP contribution in [0, 0.1) is 0 Å². The number of unbranched alkanes of at least 4 members (excludes halogenated alkanes) is 1. The van der Waals surface area contributed by atoms with Crippen LogP contribution in [0.15, 0.2) is 30.3 Å². The van der Waals surface area contributed by atoms with Gasteiger partial charge in [0.2, 0.25) is 0 Å². The molecule has 0 aliphatic rings. The van der Waals surface area contributed by atoms with E-state index in [1.165, 1.54) is 0 Å². The molecule has 0 heterocycles. The lowest BCUT2D eigenvalue weighted by Crippen LogP contribution is -2.30. The molecule has 0 saturated heterocycles. The van der Waals surface area contributed by atoms with Gasteiger partial charge in [-0.05, 0) is 24.9 Å². The Bertz CT molecular complexity index is 370. The Hall–Kier alpha value is -1.43. The molecule has 1 aromatic rings. The van der Waals surface area contributed by atoms with Gasteiger partial charge in [-0.1, -0.05) is 36.8 Å². The van der Waals surface area contributed by atoms with Gasteiger partial charge in [0, 0.05) is 0 Å². The van der Waals surface area contributed by atoms with Gasteiger partial charge in [-0.15, -0.1) is 0 Å². The third-order valence-electron chi connectivity index (χ3n) is 3.03. The molecule has 0 aliphatic heterocycles. The van der Waals surface area contributed by atoms with Gasteiger partial charge in [-0.3, -0.25) is 4.79 Å². The van der Waals surface area contributed by atoms with E-state index in [1.54, 1.807) is 0 Å². The summed E-state index contributed by atoms with van der Waals surface area (Å²) in [6, 6.07) is 8.89. The van der Waals surface area contributed by atoms with Crippen LogP contribution in [0.4, 0.5) is 0 Å². The van der Waals surface area contributed by atoms with E-state index in [9.17, 15) is 9.90 Å². The number of aliphatic carboxylic acids is 1. The number of nitrogens with two attached hydrogens (primary N) is 1. The van der Waals surface area contributed by atoms with E-state index in [0.29, 0.717) is 6.42 Å². The number of hydrogen-bond donors (Lipinski definition) is 4. The van der Waals surface area contributed by atoms with Crippen molar-refractivity contribution in [2.45, 2.75) is 31.3 Å². The molecule has 1 aromatic carbocycles. The Morgan fingerprint density at radius 3 is 2.53 bits per heavy atom. The summed E-state index contributed by atoms with van der Waals surface area (Å²) >= 11 is 0. The molecule has 0 saturated carbocycles. The summed E-state index contributed by atoms with van der Waals surface area (Å²) in [7, 11) is 0. The number of rotatable bonds is 9. The first kappa shape index (κ1) is 15.6. The van der Waals surface area contributed by atoms with Crippen molar-refractivity contribution in [3.8, 4) is 0 Å². The molecule has 0 aliphatic carbocycles. The molecule has 1 rings (SSSR count). The first-order chi connectivity index (χ1) is 9.15. The van der Waals surface area contributed by atoms with Crippen molar-refractivity contribution in [1.82, 2.24) is 5.32 Å². The maximum absolute atomic E-state index is 10.5. The minimum Gasteiger partial charge on any atom is -0.480 e. The molecule has 0 radical (unpaired) electrons. The maximum atomic E-state index is 10.5. The van der Waals surface area contributed by atoms with Gasteiger partial charge >= 0.3 is 5.97 Å². The molecule has 106 valence electrons. The zero-order valence-electron chi connectivity index (χ0n) is 11.0. The van der Waals surface area contributed by atoms with Crippen molar-refractivity contribution >= 4 is 5.97 Å².